The number of hydrogen-bond acceptors (Lipinski definition) is 2. The molecule has 0 unspecified atom stereocenters. The van der Waals surface area contributed by atoms with Crippen LogP contribution in [0.15, 0.2) is 18.2 Å². The van der Waals surface area contributed by atoms with Crippen LogP contribution in [-0.2, 0) is 6.42 Å². The second-order valence-corrected chi connectivity index (χ2v) is 3.68. The van der Waals surface area contributed by atoms with Gasteiger partial charge in [0.25, 0.3) is 0 Å². The van der Waals surface area contributed by atoms with Gasteiger partial charge in [0.2, 0.25) is 0 Å². The van der Waals surface area contributed by atoms with Gasteiger partial charge in [-0.1, -0.05) is 12.1 Å². The van der Waals surface area contributed by atoms with Crippen LogP contribution < -0.4 is 5.32 Å². The van der Waals surface area contributed by atoms with E-state index in [1.165, 1.54) is 5.56 Å². The van der Waals surface area contributed by atoms with Crippen LogP contribution in [0.3, 0.4) is 0 Å². The van der Waals surface area contributed by atoms with E-state index in [4.69, 9.17) is 6.42 Å². The summed E-state index contributed by atoms with van der Waals surface area (Å²) in [6.45, 7) is 0.970. The van der Waals surface area contributed by atoms with Gasteiger partial charge in [-0.15, -0.1) is 12.3 Å². The van der Waals surface area contributed by atoms with E-state index in [9.17, 15) is 4.79 Å². The van der Waals surface area contributed by atoms with Gasteiger partial charge in [0, 0.05) is 30.6 Å². The van der Waals surface area contributed by atoms with Crippen LogP contribution >= 0.6 is 0 Å². The SMILES string of the molecule is C#CCCC(=O)c1ccc2c(c1)NCC2. The summed E-state index contributed by atoms with van der Waals surface area (Å²) in [4.78, 5) is 11.7. The summed E-state index contributed by atoms with van der Waals surface area (Å²) in [6, 6.07) is 5.85. The molecule has 1 aromatic carbocycles. The largest absolute Gasteiger partial charge is 0.384 e. The lowest BCUT2D eigenvalue weighted by molar-refractivity contribution is 0.0984. The zero-order valence-electron chi connectivity index (χ0n) is 8.55. The molecule has 1 aromatic rings. The van der Waals surface area contributed by atoms with Crippen molar-refractivity contribution in [2.45, 2.75) is 19.3 Å². The first-order valence-electron chi connectivity index (χ1n) is 5.15. The number of anilines is 1. The number of benzene rings is 1. The Morgan fingerprint density at radius 1 is 1.53 bits per heavy atom. The second-order valence-electron chi connectivity index (χ2n) is 3.68. The third-order valence-electron chi connectivity index (χ3n) is 2.64. The van der Waals surface area contributed by atoms with Crippen molar-refractivity contribution >= 4 is 11.5 Å². The molecule has 0 saturated heterocycles. The molecule has 1 aliphatic heterocycles. The number of rotatable bonds is 3. The first-order valence-corrected chi connectivity index (χ1v) is 5.15. The molecule has 0 radical (unpaired) electrons. The maximum absolute atomic E-state index is 11.7. The Hall–Kier alpha value is -1.75. The lowest BCUT2D eigenvalue weighted by Crippen LogP contribution is -1.99. The molecule has 0 saturated carbocycles. The van der Waals surface area contributed by atoms with Crippen LogP contribution in [0.4, 0.5) is 5.69 Å². The molecule has 0 fully saturated rings. The predicted molar refractivity (Wildman–Crippen MR) is 61.0 cm³/mol. The van der Waals surface area contributed by atoms with Gasteiger partial charge in [-0.25, -0.2) is 0 Å². The Kier molecular flexibility index (Phi) is 2.73. The van der Waals surface area contributed by atoms with Crippen LogP contribution in [0, 0.1) is 12.3 Å². The standard InChI is InChI=1S/C13H13NO/c1-2-3-4-13(15)11-6-5-10-7-8-14-12(10)9-11/h1,5-6,9,14H,3-4,7-8H2. The van der Waals surface area contributed by atoms with Crippen LogP contribution in [0.5, 0.6) is 0 Å². The van der Waals surface area contributed by atoms with E-state index in [0.717, 1.165) is 24.2 Å². The third kappa shape index (κ3) is 2.02. The molecular formula is C13H13NO. The molecule has 0 atom stereocenters. The van der Waals surface area contributed by atoms with Gasteiger partial charge in [-0.05, 0) is 18.1 Å². The highest BCUT2D eigenvalue weighted by Gasteiger charge is 2.12. The maximum atomic E-state index is 11.7. The number of ketones is 1. The zero-order valence-corrected chi connectivity index (χ0v) is 8.55. The fourth-order valence-electron chi connectivity index (χ4n) is 1.79. The summed E-state index contributed by atoms with van der Waals surface area (Å²) in [5.74, 6) is 2.61. The molecule has 2 heteroatoms. The Morgan fingerprint density at radius 2 is 2.40 bits per heavy atom. The monoisotopic (exact) mass is 199 g/mol. The number of fused-ring (bicyclic) bond motifs is 1. The van der Waals surface area contributed by atoms with Crippen LogP contribution in [-0.4, -0.2) is 12.3 Å². The Labute approximate surface area is 89.7 Å². The van der Waals surface area contributed by atoms with E-state index < -0.39 is 0 Å². The van der Waals surface area contributed by atoms with Gasteiger partial charge in [-0.3, -0.25) is 4.79 Å². The van der Waals surface area contributed by atoms with Crippen LogP contribution in [0.1, 0.15) is 28.8 Å². The van der Waals surface area contributed by atoms with Crippen molar-refractivity contribution in [2.24, 2.45) is 0 Å². The average molecular weight is 199 g/mol. The first kappa shape index (κ1) is 9.79. The quantitative estimate of drug-likeness (QED) is 0.597. The van der Waals surface area contributed by atoms with E-state index >= 15 is 0 Å². The Balaban J connectivity index is 2.16. The smallest absolute Gasteiger partial charge is 0.163 e. The average Bonchev–Trinajstić information content (AvgIpc) is 2.72. The van der Waals surface area contributed by atoms with Crippen molar-refractivity contribution < 1.29 is 4.79 Å². The topological polar surface area (TPSA) is 29.1 Å². The number of carbonyl (C=O) groups is 1. The van der Waals surface area contributed by atoms with Gasteiger partial charge in [0.05, 0.1) is 0 Å². The molecule has 0 aliphatic carbocycles. The summed E-state index contributed by atoms with van der Waals surface area (Å²) in [7, 11) is 0. The second kappa shape index (κ2) is 4.18. The third-order valence-corrected chi connectivity index (χ3v) is 2.64. The van der Waals surface area contributed by atoms with Crippen molar-refractivity contribution in [3.63, 3.8) is 0 Å². The summed E-state index contributed by atoms with van der Waals surface area (Å²) in [6.07, 6.45) is 7.14. The summed E-state index contributed by atoms with van der Waals surface area (Å²) < 4.78 is 0. The predicted octanol–water partition coefficient (Wildman–Crippen LogP) is 2.25. The number of Topliss-reactive ketones (excluding diaryl/α,β-unsaturated/α-hetero) is 1. The molecule has 0 amide bonds. The zero-order chi connectivity index (χ0) is 10.7. The van der Waals surface area contributed by atoms with E-state index in [2.05, 4.69) is 11.2 Å². The summed E-state index contributed by atoms with van der Waals surface area (Å²) >= 11 is 0. The lowest BCUT2D eigenvalue weighted by atomic mass is 10.0. The molecule has 1 aliphatic rings. The highest BCUT2D eigenvalue weighted by Crippen LogP contribution is 2.23. The highest BCUT2D eigenvalue weighted by molar-refractivity contribution is 5.97. The molecule has 0 bridgehead atoms. The van der Waals surface area contributed by atoms with Crippen LogP contribution in [0.2, 0.25) is 0 Å². The summed E-state index contributed by atoms with van der Waals surface area (Å²) in [5, 5.41) is 3.26. The molecule has 1 heterocycles. The number of hydrogen-bond donors (Lipinski definition) is 1. The lowest BCUT2D eigenvalue weighted by Gasteiger charge is -2.03. The highest BCUT2D eigenvalue weighted by atomic mass is 16.1. The minimum atomic E-state index is 0.129. The van der Waals surface area contributed by atoms with Crippen molar-refractivity contribution in [1.29, 1.82) is 0 Å². The van der Waals surface area contributed by atoms with Crippen molar-refractivity contribution in [2.75, 3.05) is 11.9 Å². The van der Waals surface area contributed by atoms with E-state index in [1.807, 2.05) is 18.2 Å². The van der Waals surface area contributed by atoms with Gasteiger partial charge in [0.1, 0.15) is 0 Å². The molecular weight excluding hydrogens is 186 g/mol. The molecule has 15 heavy (non-hydrogen) atoms. The molecule has 76 valence electrons. The van der Waals surface area contributed by atoms with E-state index in [1.54, 1.807) is 0 Å². The van der Waals surface area contributed by atoms with Crippen LogP contribution in [0.25, 0.3) is 0 Å². The minimum absolute atomic E-state index is 0.129. The molecule has 2 rings (SSSR count). The number of carbonyl (C=O) groups excluding carboxylic acids is 1. The molecule has 0 aromatic heterocycles. The van der Waals surface area contributed by atoms with Crippen molar-refractivity contribution in [1.82, 2.24) is 0 Å². The van der Waals surface area contributed by atoms with Crippen molar-refractivity contribution in [3.05, 3.63) is 29.3 Å². The molecule has 2 nitrogen and oxygen atoms in total. The Bertz CT molecular complexity index is 429. The van der Waals surface area contributed by atoms with Gasteiger partial charge in [-0.2, -0.15) is 0 Å². The number of terminal acetylenes is 1. The van der Waals surface area contributed by atoms with Gasteiger partial charge < -0.3 is 5.32 Å². The van der Waals surface area contributed by atoms with Gasteiger partial charge in [0.15, 0.2) is 5.78 Å². The normalized spacial score (nSPS) is 12.7. The minimum Gasteiger partial charge on any atom is -0.384 e. The van der Waals surface area contributed by atoms with Crippen molar-refractivity contribution in [3.8, 4) is 12.3 Å². The van der Waals surface area contributed by atoms with E-state index in [-0.39, 0.29) is 5.78 Å². The fraction of sp³-hybridized carbons (Fsp3) is 0.308. The van der Waals surface area contributed by atoms with E-state index in [0.29, 0.717) is 12.8 Å². The molecule has 1 N–H and O–H groups in total. The maximum Gasteiger partial charge on any atom is 0.163 e. The summed E-state index contributed by atoms with van der Waals surface area (Å²) in [5.41, 5.74) is 3.16. The first-order chi connectivity index (χ1) is 7.31. The molecule has 0 spiro atoms. The van der Waals surface area contributed by atoms with Gasteiger partial charge >= 0.3 is 0 Å². The Morgan fingerprint density at radius 3 is 3.20 bits per heavy atom. The number of nitrogens with one attached hydrogen (secondary N) is 1. The fourth-order valence-corrected chi connectivity index (χ4v) is 1.79.